The minimum atomic E-state index is -0.750. The Morgan fingerprint density at radius 2 is 1.74 bits per heavy atom. The molecule has 3 aromatic rings. The Kier molecular flexibility index (Phi) is 7.50. The Morgan fingerprint density at radius 3 is 2.39 bits per heavy atom. The van der Waals surface area contributed by atoms with Crippen LogP contribution in [0.1, 0.15) is 29.7 Å². The number of carbonyl (C=O) groups excluding carboxylic acids is 1. The number of anilines is 1. The van der Waals surface area contributed by atoms with Crippen LogP contribution in [0, 0.1) is 11.3 Å². The maximum absolute atomic E-state index is 12.5. The van der Waals surface area contributed by atoms with Crippen molar-refractivity contribution in [2.45, 2.75) is 19.6 Å². The van der Waals surface area contributed by atoms with Gasteiger partial charge in [0.15, 0.2) is 17.5 Å². The van der Waals surface area contributed by atoms with E-state index in [-0.39, 0.29) is 0 Å². The van der Waals surface area contributed by atoms with E-state index in [1.807, 2.05) is 37.3 Å². The molecule has 0 aliphatic rings. The Hall–Kier alpha value is -3.98. The van der Waals surface area contributed by atoms with Gasteiger partial charge in [-0.15, -0.1) is 0 Å². The Labute approximate surface area is 182 Å². The molecule has 0 heterocycles. The van der Waals surface area contributed by atoms with Crippen LogP contribution in [-0.4, -0.2) is 19.7 Å². The largest absolute Gasteiger partial charge is 0.490 e. The number of carbonyl (C=O) groups is 1. The molecule has 1 unspecified atom stereocenters. The molecular formula is C25H24N2O4. The van der Waals surface area contributed by atoms with Crippen LogP contribution in [0.2, 0.25) is 0 Å². The van der Waals surface area contributed by atoms with Gasteiger partial charge in [-0.2, -0.15) is 5.26 Å². The molecule has 0 fully saturated rings. The topological polar surface area (TPSA) is 80.6 Å². The molecule has 6 heteroatoms. The average Bonchev–Trinajstić information content (AvgIpc) is 2.82. The summed E-state index contributed by atoms with van der Waals surface area (Å²) in [6, 6.07) is 23.4. The molecule has 31 heavy (non-hydrogen) atoms. The number of methoxy groups -OCH3 is 1. The summed E-state index contributed by atoms with van der Waals surface area (Å²) in [5.74, 6) is 0.702. The third kappa shape index (κ3) is 5.77. The van der Waals surface area contributed by atoms with Gasteiger partial charge in [-0.05, 0) is 54.4 Å². The van der Waals surface area contributed by atoms with Crippen LogP contribution in [0.15, 0.2) is 72.8 Å². The molecule has 3 aromatic carbocycles. The standard InChI is InChI=1S/C25H24N2O4/c1-3-30-23-15-20(11-14-22(23)31-17-19-7-5-4-6-8-19)24(25(28)29-2)27-21-12-9-18(16-26)10-13-21/h4-15,24,27H,3,17H2,1-2H3. The van der Waals surface area contributed by atoms with Gasteiger partial charge >= 0.3 is 5.97 Å². The lowest BCUT2D eigenvalue weighted by Gasteiger charge is -2.20. The number of nitrogens with one attached hydrogen (secondary N) is 1. The summed E-state index contributed by atoms with van der Waals surface area (Å²) in [4.78, 5) is 12.5. The van der Waals surface area contributed by atoms with E-state index in [2.05, 4.69) is 11.4 Å². The van der Waals surface area contributed by atoms with Gasteiger partial charge in [0.1, 0.15) is 6.61 Å². The predicted molar refractivity (Wildman–Crippen MR) is 118 cm³/mol. The Balaban J connectivity index is 1.85. The number of nitrogens with zero attached hydrogens (tertiary/aromatic N) is 1. The summed E-state index contributed by atoms with van der Waals surface area (Å²) in [5.41, 5.74) is 2.95. The average molecular weight is 416 g/mol. The van der Waals surface area contributed by atoms with Crippen LogP contribution in [0.4, 0.5) is 5.69 Å². The van der Waals surface area contributed by atoms with E-state index in [1.54, 1.807) is 42.5 Å². The molecule has 158 valence electrons. The Bertz CT molecular complexity index is 1040. The molecule has 0 aromatic heterocycles. The SMILES string of the molecule is CCOc1cc(C(Nc2ccc(C#N)cc2)C(=O)OC)ccc1OCc1ccccc1. The second-order valence-corrected chi connectivity index (χ2v) is 6.70. The highest BCUT2D eigenvalue weighted by molar-refractivity contribution is 5.81. The van der Waals surface area contributed by atoms with Crippen LogP contribution in [-0.2, 0) is 16.1 Å². The maximum Gasteiger partial charge on any atom is 0.332 e. The third-order valence-electron chi connectivity index (χ3n) is 4.60. The summed E-state index contributed by atoms with van der Waals surface area (Å²) >= 11 is 0. The van der Waals surface area contributed by atoms with Crippen molar-refractivity contribution in [3.8, 4) is 17.6 Å². The number of ether oxygens (including phenoxy) is 3. The Morgan fingerprint density at radius 1 is 1.00 bits per heavy atom. The number of hydrogen-bond acceptors (Lipinski definition) is 6. The summed E-state index contributed by atoms with van der Waals surface area (Å²) in [6.45, 7) is 2.75. The number of esters is 1. The first-order valence-corrected chi connectivity index (χ1v) is 9.92. The highest BCUT2D eigenvalue weighted by atomic mass is 16.5. The minimum Gasteiger partial charge on any atom is -0.490 e. The molecule has 0 saturated heterocycles. The molecule has 1 N–H and O–H groups in total. The molecule has 0 aliphatic heterocycles. The molecular weight excluding hydrogens is 392 g/mol. The van der Waals surface area contributed by atoms with Crippen molar-refractivity contribution in [3.05, 3.63) is 89.5 Å². The van der Waals surface area contributed by atoms with Crippen molar-refractivity contribution < 1.29 is 19.0 Å². The number of hydrogen-bond donors (Lipinski definition) is 1. The van der Waals surface area contributed by atoms with Gasteiger partial charge in [-0.3, -0.25) is 0 Å². The van der Waals surface area contributed by atoms with Gasteiger partial charge in [-0.1, -0.05) is 36.4 Å². The molecule has 3 rings (SSSR count). The summed E-state index contributed by atoms with van der Waals surface area (Å²) in [7, 11) is 1.34. The minimum absolute atomic E-state index is 0.407. The zero-order chi connectivity index (χ0) is 22.1. The molecule has 0 bridgehead atoms. The van der Waals surface area contributed by atoms with E-state index in [1.165, 1.54) is 7.11 Å². The third-order valence-corrected chi connectivity index (χ3v) is 4.60. The van der Waals surface area contributed by atoms with Crippen LogP contribution in [0.3, 0.4) is 0 Å². The molecule has 6 nitrogen and oxygen atoms in total. The lowest BCUT2D eigenvalue weighted by atomic mass is 10.1. The van der Waals surface area contributed by atoms with E-state index in [9.17, 15) is 4.79 Å². The quantitative estimate of drug-likeness (QED) is 0.502. The molecule has 0 amide bonds. The van der Waals surface area contributed by atoms with Crippen LogP contribution in [0.25, 0.3) is 0 Å². The van der Waals surface area contributed by atoms with E-state index in [0.29, 0.717) is 41.5 Å². The van der Waals surface area contributed by atoms with Crippen molar-refractivity contribution in [3.63, 3.8) is 0 Å². The molecule has 0 spiro atoms. The second-order valence-electron chi connectivity index (χ2n) is 6.70. The van der Waals surface area contributed by atoms with E-state index < -0.39 is 12.0 Å². The van der Waals surface area contributed by atoms with Crippen molar-refractivity contribution in [1.29, 1.82) is 5.26 Å². The van der Waals surface area contributed by atoms with E-state index in [4.69, 9.17) is 19.5 Å². The number of rotatable bonds is 9. The first-order chi connectivity index (χ1) is 15.1. The zero-order valence-electron chi connectivity index (χ0n) is 17.5. The summed E-state index contributed by atoms with van der Waals surface area (Å²) < 4.78 is 16.7. The first kappa shape index (κ1) is 21.7. The van der Waals surface area contributed by atoms with Gasteiger partial charge < -0.3 is 19.5 Å². The van der Waals surface area contributed by atoms with Crippen molar-refractivity contribution >= 4 is 11.7 Å². The fraction of sp³-hybridized carbons (Fsp3) is 0.200. The van der Waals surface area contributed by atoms with Crippen LogP contribution < -0.4 is 14.8 Å². The van der Waals surface area contributed by atoms with Crippen LogP contribution >= 0.6 is 0 Å². The summed E-state index contributed by atoms with van der Waals surface area (Å²) in [5, 5.41) is 12.1. The van der Waals surface area contributed by atoms with Gasteiger partial charge in [-0.25, -0.2) is 4.79 Å². The fourth-order valence-corrected chi connectivity index (χ4v) is 3.03. The van der Waals surface area contributed by atoms with Crippen LogP contribution in [0.5, 0.6) is 11.5 Å². The number of benzene rings is 3. The van der Waals surface area contributed by atoms with E-state index in [0.717, 1.165) is 5.56 Å². The lowest BCUT2D eigenvalue weighted by Crippen LogP contribution is -2.22. The first-order valence-electron chi connectivity index (χ1n) is 9.92. The van der Waals surface area contributed by atoms with Gasteiger partial charge in [0, 0.05) is 5.69 Å². The lowest BCUT2D eigenvalue weighted by molar-refractivity contribution is -0.141. The van der Waals surface area contributed by atoms with Gasteiger partial charge in [0.05, 0.1) is 25.3 Å². The highest BCUT2D eigenvalue weighted by Crippen LogP contribution is 2.33. The van der Waals surface area contributed by atoms with Gasteiger partial charge in [0.2, 0.25) is 0 Å². The van der Waals surface area contributed by atoms with Crippen molar-refractivity contribution in [1.82, 2.24) is 0 Å². The second kappa shape index (κ2) is 10.7. The molecule has 0 radical (unpaired) electrons. The highest BCUT2D eigenvalue weighted by Gasteiger charge is 2.23. The van der Waals surface area contributed by atoms with Crippen molar-refractivity contribution in [2.75, 3.05) is 19.0 Å². The van der Waals surface area contributed by atoms with Gasteiger partial charge in [0.25, 0.3) is 0 Å². The number of nitriles is 1. The predicted octanol–water partition coefficient (Wildman–Crippen LogP) is 4.86. The smallest absolute Gasteiger partial charge is 0.332 e. The molecule has 1 atom stereocenters. The summed E-state index contributed by atoms with van der Waals surface area (Å²) in [6.07, 6.45) is 0. The monoisotopic (exact) mass is 416 g/mol. The molecule has 0 aliphatic carbocycles. The molecule has 0 saturated carbocycles. The zero-order valence-corrected chi connectivity index (χ0v) is 17.5. The van der Waals surface area contributed by atoms with Crippen molar-refractivity contribution in [2.24, 2.45) is 0 Å². The fourth-order valence-electron chi connectivity index (χ4n) is 3.03. The van der Waals surface area contributed by atoms with E-state index >= 15 is 0 Å². The maximum atomic E-state index is 12.5. The normalized spacial score (nSPS) is 11.1.